The van der Waals surface area contributed by atoms with Crippen LogP contribution in [0.2, 0.25) is 51.9 Å². The average molecular weight is 470 g/mol. The van der Waals surface area contributed by atoms with Crippen LogP contribution in [-0.4, -0.2) is 57.5 Å². The van der Waals surface area contributed by atoms with Crippen LogP contribution >= 0.6 is 0 Å². The lowest BCUT2D eigenvalue weighted by atomic mass is 10.1. The SMILES string of the molecule is C[Si]1(C)O[Si](C)(C)O[Si](C)(CCCN2C(=O)c3ccccc3C2=O)O[Si](C)(C)O1. The van der Waals surface area contributed by atoms with Gasteiger partial charge in [-0.25, -0.2) is 0 Å². The molecule has 0 aromatic heterocycles. The molecule has 11 heteroatoms. The number of nitrogens with zero attached hydrogens (tertiary/aromatic N) is 1. The summed E-state index contributed by atoms with van der Waals surface area (Å²) in [5.41, 5.74) is 0.964. The van der Waals surface area contributed by atoms with E-state index in [4.69, 9.17) is 16.5 Å². The largest absolute Gasteiger partial charge is 0.416 e. The second kappa shape index (κ2) is 7.64. The first kappa shape index (κ1) is 22.7. The van der Waals surface area contributed by atoms with Crippen molar-refractivity contribution in [3.63, 3.8) is 0 Å². The van der Waals surface area contributed by atoms with Gasteiger partial charge in [-0.05, 0) is 70.4 Å². The first-order valence-electron chi connectivity index (χ1n) is 9.99. The van der Waals surface area contributed by atoms with Gasteiger partial charge in [0.25, 0.3) is 11.8 Å². The fraction of sp³-hybridized carbons (Fsp3) is 0.556. The molecule has 0 atom stereocenters. The van der Waals surface area contributed by atoms with Crippen LogP contribution in [-0.2, 0) is 16.5 Å². The Hall–Kier alpha value is -0.932. The highest BCUT2D eigenvalue weighted by Crippen LogP contribution is 2.33. The highest BCUT2D eigenvalue weighted by atomic mass is 28.5. The molecule has 2 heterocycles. The van der Waals surface area contributed by atoms with Crippen molar-refractivity contribution in [2.75, 3.05) is 6.54 Å². The minimum atomic E-state index is -2.60. The number of fused-ring (bicyclic) bond motifs is 1. The summed E-state index contributed by atoms with van der Waals surface area (Å²) in [6.45, 7) is 14.6. The van der Waals surface area contributed by atoms with Gasteiger partial charge in [-0.1, -0.05) is 12.1 Å². The Labute approximate surface area is 177 Å². The topological polar surface area (TPSA) is 74.3 Å². The van der Waals surface area contributed by atoms with Crippen molar-refractivity contribution in [3.8, 4) is 0 Å². The monoisotopic (exact) mass is 469 g/mol. The summed E-state index contributed by atoms with van der Waals surface area (Å²) in [4.78, 5) is 26.5. The van der Waals surface area contributed by atoms with Crippen LogP contribution < -0.4 is 0 Å². The second-order valence-corrected chi connectivity index (χ2v) is 23.6. The molecule has 2 aliphatic rings. The van der Waals surface area contributed by atoms with Crippen molar-refractivity contribution in [1.29, 1.82) is 0 Å². The summed E-state index contributed by atoms with van der Waals surface area (Å²) in [7, 11) is -9.75. The van der Waals surface area contributed by atoms with Crippen LogP contribution in [0.5, 0.6) is 0 Å². The quantitative estimate of drug-likeness (QED) is 0.491. The van der Waals surface area contributed by atoms with Crippen LogP contribution in [0.1, 0.15) is 27.1 Å². The summed E-state index contributed by atoms with van der Waals surface area (Å²) in [6.07, 6.45) is 0.629. The molecular formula is C18H31NO6Si4. The number of carbonyl (C=O) groups is 2. The Bertz CT molecular complexity index is 771. The van der Waals surface area contributed by atoms with Crippen LogP contribution in [0.3, 0.4) is 0 Å². The number of hydrogen-bond acceptors (Lipinski definition) is 6. The Morgan fingerprint density at radius 2 is 1.14 bits per heavy atom. The van der Waals surface area contributed by atoms with Gasteiger partial charge in [0.15, 0.2) is 0 Å². The molecule has 1 aromatic carbocycles. The molecule has 1 saturated heterocycles. The summed E-state index contributed by atoms with van der Waals surface area (Å²) >= 11 is 0. The molecule has 1 aromatic rings. The van der Waals surface area contributed by atoms with E-state index in [0.717, 1.165) is 0 Å². The van der Waals surface area contributed by atoms with Gasteiger partial charge >= 0.3 is 34.2 Å². The highest BCUT2D eigenvalue weighted by Gasteiger charge is 2.52. The van der Waals surface area contributed by atoms with Gasteiger partial charge in [0.1, 0.15) is 0 Å². The number of imide groups is 1. The molecule has 1 fully saturated rings. The molecule has 0 bridgehead atoms. The van der Waals surface area contributed by atoms with E-state index < -0.39 is 34.2 Å². The lowest BCUT2D eigenvalue weighted by molar-refractivity contribution is 0.0652. The maximum atomic E-state index is 12.6. The standard InChI is InChI=1S/C18H31NO6Si4/c1-26(2)22-27(3,4)24-29(7,25-28(5,6)23-26)14-10-13-19-17(20)15-11-8-9-12-16(15)18(19)21/h8-9,11-12H,10,13-14H2,1-7H3. The van der Waals surface area contributed by atoms with E-state index >= 15 is 0 Å². The van der Waals surface area contributed by atoms with Crippen LogP contribution in [0.25, 0.3) is 0 Å². The van der Waals surface area contributed by atoms with E-state index in [-0.39, 0.29) is 11.8 Å². The Morgan fingerprint density at radius 1 is 0.724 bits per heavy atom. The molecule has 0 N–H and O–H groups in total. The average Bonchev–Trinajstić information content (AvgIpc) is 2.75. The van der Waals surface area contributed by atoms with E-state index in [1.54, 1.807) is 24.3 Å². The van der Waals surface area contributed by atoms with E-state index in [0.29, 0.717) is 30.1 Å². The zero-order valence-corrected chi connectivity index (χ0v) is 22.3. The van der Waals surface area contributed by atoms with Gasteiger partial charge in [-0.15, -0.1) is 0 Å². The smallest absolute Gasteiger partial charge is 0.317 e. The Balaban J connectivity index is 1.69. The van der Waals surface area contributed by atoms with Gasteiger partial charge in [-0.3, -0.25) is 14.5 Å². The molecule has 0 aliphatic carbocycles. The molecule has 0 radical (unpaired) electrons. The number of carbonyl (C=O) groups excluding carboxylic acids is 2. The van der Waals surface area contributed by atoms with Gasteiger partial charge in [0.2, 0.25) is 0 Å². The van der Waals surface area contributed by atoms with E-state index in [9.17, 15) is 9.59 Å². The lowest BCUT2D eigenvalue weighted by Gasteiger charge is -2.47. The second-order valence-electron chi connectivity index (χ2n) is 9.15. The van der Waals surface area contributed by atoms with Crippen molar-refractivity contribution in [2.45, 2.75) is 58.3 Å². The molecule has 2 amide bonds. The van der Waals surface area contributed by atoms with Crippen molar-refractivity contribution in [1.82, 2.24) is 4.90 Å². The first-order chi connectivity index (χ1) is 13.2. The van der Waals surface area contributed by atoms with Gasteiger partial charge in [-0.2, -0.15) is 0 Å². The first-order valence-corrected chi connectivity index (χ1v) is 21.0. The van der Waals surface area contributed by atoms with Crippen molar-refractivity contribution in [2.24, 2.45) is 0 Å². The number of rotatable bonds is 4. The van der Waals surface area contributed by atoms with Crippen LogP contribution in [0.4, 0.5) is 0 Å². The number of hydrogen-bond donors (Lipinski definition) is 0. The molecule has 2 aliphatic heterocycles. The zero-order valence-electron chi connectivity index (χ0n) is 18.3. The molecule has 0 unspecified atom stereocenters. The third-order valence-corrected chi connectivity index (χ3v) is 21.3. The Kier molecular flexibility index (Phi) is 5.99. The lowest BCUT2D eigenvalue weighted by Crippen LogP contribution is -2.65. The van der Waals surface area contributed by atoms with Gasteiger partial charge in [0.05, 0.1) is 11.1 Å². The number of amides is 2. The van der Waals surface area contributed by atoms with E-state index in [1.165, 1.54) is 4.90 Å². The normalized spacial score (nSPS) is 24.7. The zero-order chi connectivity index (χ0) is 21.7. The minimum absolute atomic E-state index is 0.222. The predicted molar refractivity (Wildman–Crippen MR) is 120 cm³/mol. The van der Waals surface area contributed by atoms with Gasteiger partial charge in [0, 0.05) is 6.54 Å². The highest BCUT2D eigenvalue weighted by molar-refractivity contribution is 6.93. The molecule has 160 valence electrons. The summed E-state index contributed by atoms with van der Waals surface area (Å²) < 4.78 is 25.8. The molecular weight excluding hydrogens is 439 g/mol. The van der Waals surface area contributed by atoms with Crippen molar-refractivity contribution in [3.05, 3.63) is 35.4 Å². The maximum absolute atomic E-state index is 12.6. The van der Waals surface area contributed by atoms with E-state index in [1.807, 2.05) is 45.8 Å². The summed E-state index contributed by atoms with van der Waals surface area (Å²) in [6, 6.07) is 7.64. The predicted octanol–water partition coefficient (Wildman–Crippen LogP) is 3.93. The van der Waals surface area contributed by atoms with Crippen LogP contribution in [0.15, 0.2) is 24.3 Å². The molecule has 3 rings (SSSR count). The van der Waals surface area contributed by atoms with Crippen LogP contribution in [0, 0.1) is 0 Å². The fourth-order valence-electron chi connectivity index (χ4n) is 4.41. The molecule has 0 spiro atoms. The third-order valence-electron chi connectivity index (χ3n) is 4.80. The van der Waals surface area contributed by atoms with E-state index in [2.05, 4.69) is 0 Å². The molecule has 7 nitrogen and oxygen atoms in total. The summed E-state index contributed by atoms with van der Waals surface area (Å²) in [5, 5.41) is 0. The minimum Gasteiger partial charge on any atom is -0.416 e. The van der Waals surface area contributed by atoms with Gasteiger partial charge < -0.3 is 16.5 Å². The van der Waals surface area contributed by atoms with Crippen molar-refractivity contribution < 1.29 is 26.0 Å². The fourth-order valence-corrected chi connectivity index (χ4v) is 26.0. The third kappa shape index (κ3) is 5.22. The maximum Gasteiger partial charge on any atom is 0.317 e. The molecule has 29 heavy (non-hydrogen) atoms. The summed E-state index contributed by atoms with van der Waals surface area (Å²) in [5.74, 6) is -0.443. The Morgan fingerprint density at radius 3 is 1.59 bits per heavy atom. The van der Waals surface area contributed by atoms with Crippen molar-refractivity contribution >= 4 is 46.1 Å². The molecule has 0 saturated carbocycles. The number of benzene rings is 1.